The Morgan fingerprint density at radius 2 is 1.74 bits per heavy atom. The number of rotatable bonds is 5. The lowest BCUT2D eigenvalue weighted by Gasteiger charge is -2.44. The number of hydrogen-bond acceptors (Lipinski definition) is 3. The topological polar surface area (TPSA) is 18.5 Å². The van der Waals surface area contributed by atoms with Gasteiger partial charge in [-0.2, -0.15) is 0 Å². The molecular weight excluding hydrogens is 234 g/mol. The molecule has 0 aromatic heterocycles. The van der Waals surface area contributed by atoms with Gasteiger partial charge in [0.05, 0.1) is 0 Å². The van der Waals surface area contributed by atoms with Gasteiger partial charge in [-0.05, 0) is 44.7 Å². The van der Waals surface area contributed by atoms with Crippen LogP contribution >= 0.6 is 0 Å². The molecule has 2 saturated heterocycles. The minimum absolute atomic E-state index is 0.873. The summed E-state index contributed by atoms with van der Waals surface area (Å²) in [5, 5.41) is 3.69. The van der Waals surface area contributed by atoms with Crippen molar-refractivity contribution in [1.29, 1.82) is 0 Å². The van der Waals surface area contributed by atoms with Crippen LogP contribution in [0.4, 0.5) is 0 Å². The van der Waals surface area contributed by atoms with Crippen molar-refractivity contribution in [2.75, 3.05) is 45.8 Å². The quantitative estimate of drug-likeness (QED) is 0.766. The lowest BCUT2D eigenvalue weighted by molar-refractivity contribution is 0.0499. The van der Waals surface area contributed by atoms with Gasteiger partial charge in [0.25, 0.3) is 0 Å². The average Bonchev–Trinajstić information content (AvgIpc) is 2.97. The molecule has 3 aliphatic rings. The Bertz CT molecular complexity index is 263. The zero-order valence-corrected chi connectivity index (χ0v) is 12.4. The van der Waals surface area contributed by atoms with Crippen LogP contribution in [0.5, 0.6) is 0 Å². The van der Waals surface area contributed by atoms with Crippen LogP contribution in [0.3, 0.4) is 0 Å². The van der Waals surface area contributed by atoms with E-state index < -0.39 is 0 Å². The minimum atomic E-state index is 0.873. The van der Waals surface area contributed by atoms with Crippen molar-refractivity contribution < 1.29 is 0 Å². The molecule has 1 N–H and O–H groups in total. The first-order valence-corrected chi connectivity index (χ1v) is 8.59. The third-order valence-corrected chi connectivity index (χ3v) is 5.43. The number of nitrogens with zero attached hydrogens (tertiary/aromatic N) is 2. The Kier molecular flexibility index (Phi) is 5.14. The molecule has 1 aliphatic carbocycles. The summed E-state index contributed by atoms with van der Waals surface area (Å²) in [7, 11) is 0. The van der Waals surface area contributed by atoms with E-state index in [-0.39, 0.29) is 0 Å². The Hall–Kier alpha value is -0.120. The predicted octanol–water partition coefficient (Wildman–Crippen LogP) is 1.94. The van der Waals surface area contributed by atoms with Crippen LogP contribution in [0.15, 0.2) is 0 Å². The lowest BCUT2D eigenvalue weighted by Crippen LogP contribution is -2.55. The molecule has 110 valence electrons. The number of hydrogen-bond donors (Lipinski definition) is 1. The predicted molar refractivity (Wildman–Crippen MR) is 80.5 cm³/mol. The maximum Gasteiger partial charge on any atom is 0.0223 e. The molecule has 0 spiro atoms. The molecule has 3 fully saturated rings. The standard InChI is InChI=1S/C16H31N3/c1-2-6-15(5-1)13-17-8-10-18-11-12-19-9-4-3-7-16(19)14-18/h15-17H,1-14H2. The van der Waals surface area contributed by atoms with E-state index in [1.807, 2.05) is 0 Å². The van der Waals surface area contributed by atoms with Gasteiger partial charge in [-0.3, -0.25) is 9.80 Å². The first kappa shape index (κ1) is 13.8. The first-order chi connectivity index (χ1) is 9.42. The van der Waals surface area contributed by atoms with Gasteiger partial charge in [0.2, 0.25) is 0 Å². The van der Waals surface area contributed by atoms with Crippen LogP contribution in [0, 0.1) is 5.92 Å². The van der Waals surface area contributed by atoms with Gasteiger partial charge < -0.3 is 5.32 Å². The Morgan fingerprint density at radius 1 is 0.895 bits per heavy atom. The second-order valence-corrected chi connectivity index (χ2v) is 6.84. The van der Waals surface area contributed by atoms with E-state index in [2.05, 4.69) is 15.1 Å². The van der Waals surface area contributed by atoms with E-state index >= 15 is 0 Å². The van der Waals surface area contributed by atoms with Crippen molar-refractivity contribution in [1.82, 2.24) is 15.1 Å². The fourth-order valence-electron chi connectivity index (χ4n) is 4.18. The number of nitrogens with one attached hydrogen (secondary N) is 1. The second-order valence-electron chi connectivity index (χ2n) is 6.84. The molecule has 3 rings (SSSR count). The summed E-state index contributed by atoms with van der Waals surface area (Å²) in [4.78, 5) is 5.42. The van der Waals surface area contributed by atoms with Gasteiger partial charge >= 0.3 is 0 Å². The zero-order chi connectivity index (χ0) is 12.9. The van der Waals surface area contributed by atoms with E-state index in [1.165, 1.54) is 90.8 Å². The highest BCUT2D eigenvalue weighted by Gasteiger charge is 2.28. The molecule has 0 amide bonds. The van der Waals surface area contributed by atoms with Crippen molar-refractivity contribution in [3.05, 3.63) is 0 Å². The van der Waals surface area contributed by atoms with Crippen LogP contribution in [-0.4, -0.2) is 61.7 Å². The van der Waals surface area contributed by atoms with Crippen molar-refractivity contribution in [3.8, 4) is 0 Å². The highest BCUT2D eigenvalue weighted by Crippen LogP contribution is 2.23. The van der Waals surface area contributed by atoms with Crippen molar-refractivity contribution in [3.63, 3.8) is 0 Å². The molecule has 2 heterocycles. The maximum absolute atomic E-state index is 3.69. The van der Waals surface area contributed by atoms with Gasteiger partial charge in [0.1, 0.15) is 0 Å². The molecule has 3 nitrogen and oxygen atoms in total. The van der Waals surface area contributed by atoms with E-state index in [4.69, 9.17) is 0 Å². The third kappa shape index (κ3) is 3.93. The summed E-state index contributed by atoms with van der Waals surface area (Å²) in [6, 6.07) is 0.873. The smallest absolute Gasteiger partial charge is 0.0223 e. The molecular formula is C16H31N3. The monoisotopic (exact) mass is 265 g/mol. The van der Waals surface area contributed by atoms with E-state index in [0.29, 0.717) is 0 Å². The van der Waals surface area contributed by atoms with Crippen molar-refractivity contribution in [2.45, 2.75) is 51.0 Å². The average molecular weight is 265 g/mol. The highest BCUT2D eigenvalue weighted by molar-refractivity contribution is 4.85. The molecule has 2 aliphatic heterocycles. The molecule has 0 bridgehead atoms. The molecule has 1 atom stereocenters. The largest absolute Gasteiger partial charge is 0.315 e. The fourth-order valence-corrected chi connectivity index (χ4v) is 4.18. The van der Waals surface area contributed by atoms with Crippen molar-refractivity contribution >= 4 is 0 Å². The SMILES string of the molecule is C1CCC(CNCCN2CCN3CCCCC3C2)C1. The molecule has 3 heteroatoms. The summed E-state index contributed by atoms with van der Waals surface area (Å²) in [6.07, 6.45) is 10.2. The first-order valence-electron chi connectivity index (χ1n) is 8.59. The van der Waals surface area contributed by atoms with Crippen LogP contribution in [-0.2, 0) is 0 Å². The Labute approximate surface area is 118 Å². The maximum atomic E-state index is 3.69. The second kappa shape index (κ2) is 7.05. The number of piperazine rings is 1. The van der Waals surface area contributed by atoms with Crippen LogP contribution in [0.25, 0.3) is 0 Å². The van der Waals surface area contributed by atoms with Crippen LogP contribution in [0.1, 0.15) is 44.9 Å². The summed E-state index contributed by atoms with van der Waals surface area (Å²) in [5.41, 5.74) is 0. The zero-order valence-electron chi connectivity index (χ0n) is 12.4. The molecule has 0 aromatic rings. The Balaban J connectivity index is 1.30. The third-order valence-electron chi connectivity index (χ3n) is 5.43. The summed E-state index contributed by atoms with van der Waals surface area (Å²) in [5.74, 6) is 0.982. The highest BCUT2D eigenvalue weighted by atomic mass is 15.3. The summed E-state index contributed by atoms with van der Waals surface area (Å²) in [6.45, 7) is 9.02. The van der Waals surface area contributed by atoms with Crippen molar-refractivity contribution in [2.24, 2.45) is 5.92 Å². The fraction of sp³-hybridized carbons (Fsp3) is 1.00. The normalized spacial score (nSPS) is 30.6. The van der Waals surface area contributed by atoms with E-state index in [1.54, 1.807) is 0 Å². The van der Waals surface area contributed by atoms with E-state index in [0.717, 1.165) is 12.0 Å². The van der Waals surface area contributed by atoms with E-state index in [9.17, 15) is 0 Å². The van der Waals surface area contributed by atoms with Gasteiger partial charge in [-0.15, -0.1) is 0 Å². The lowest BCUT2D eigenvalue weighted by atomic mass is 9.99. The minimum Gasteiger partial charge on any atom is -0.315 e. The Morgan fingerprint density at radius 3 is 2.63 bits per heavy atom. The number of fused-ring (bicyclic) bond motifs is 1. The van der Waals surface area contributed by atoms with Crippen LogP contribution < -0.4 is 5.32 Å². The van der Waals surface area contributed by atoms with Gasteiger partial charge in [0, 0.05) is 38.8 Å². The summed E-state index contributed by atoms with van der Waals surface area (Å²) < 4.78 is 0. The molecule has 0 aromatic carbocycles. The molecule has 1 unspecified atom stereocenters. The molecule has 1 saturated carbocycles. The molecule has 19 heavy (non-hydrogen) atoms. The van der Waals surface area contributed by atoms with Gasteiger partial charge in [0.15, 0.2) is 0 Å². The number of piperidine rings is 1. The van der Waals surface area contributed by atoms with Gasteiger partial charge in [-0.1, -0.05) is 19.3 Å². The summed E-state index contributed by atoms with van der Waals surface area (Å²) >= 11 is 0. The van der Waals surface area contributed by atoms with Crippen LogP contribution in [0.2, 0.25) is 0 Å². The van der Waals surface area contributed by atoms with Gasteiger partial charge in [-0.25, -0.2) is 0 Å². The molecule has 0 radical (unpaired) electrons.